The number of hydrogen-bond acceptors (Lipinski definition) is 5. The Balaban J connectivity index is 2.38. The molecule has 0 aromatic carbocycles. The summed E-state index contributed by atoms with van der Waals surface area (Å²) in [5.74, 6) is 1.67. The molecule has 0 saturated carbocycles. The number of aromatic nitrogens is 4. The first-order valence-electron chi connectivity index (χ1n) is 6.38. The second-order valence-electron chi connectivity index (χ2n) is 3.88. The molecule has 2 aromatic heterocycles. The largest absolute Gasteiger partial charge is 0.264 e. The Morgan fingerprint density at radius 3 is 2.95 bits per heavy atom. The molecule has 0 N–H and O–H groups in total. The molecule has 2 rings (SSSR count). The molecule has 0 amide bonds. The van der Waals surface area contributed by atoms with Crippen LogP contribution in [0.4, 0.5) is 0 Å². The lowest BCUT2D eigenvalue weighted by Crippen LogP contribution is -1.96. The number of unbranched alkanes of at least 4 members (excludes halogenated alkanes) is 1. The number of pyridine rings is 1. The van der Waals surface area contributed by atoms with Crippen LogP contribution in [0.1, 0.15) is 26.7 Å². The van der Waals surface area contributed by atoms with E-state index in [-0.39, 0.29) is 0 Å². The van der Waals surface area contributed by atoms with Crippen LogP contribution in [-0.2, 0) is 0 Å². The Kier molecular flexibility index (Phi) is 5.09. The van der Waals surface area contributed by atoms with Crippen molar-refractivity contribution in [2.45, 2.75) is 31.8 Å². The standard InChI is InChI=1S/C13H17N5S/c1-3-5-9-15-18-12(11-7-6-8-14-10-11)16-17-13(18)19-4-2/h6-10H,3-5H2,1-2H3. The predicted molar refractivity (Wildman–Crippen MR) is 78.4 cm³/mol. The Labute approximate surface area is 117 Å². The second-order valence-corrected chi connectivity index (χ2v) is 5.11. The third kappa shape index (κ3) is 3.41. The lowest BCUT2D eigenvalue weighted by atomic mass is 10.3. The van der Waals surface area contributed by atoms with Gasteiger partial charge >= 0.3 is 0 Å². The van der Waals surface area contributed by atoms with Crippen LogP contribution in [0.25, 0.3) is 11.4 Å². The number of nitrogens with zero attached hydrogens (tertiary/aromatic N) is 5. The van der Waals surface area contributed by atoms with Crippen molar-refractivity contribution in [3.63, 3.8) is 0 Å². The molecule has 0 aliphatic carbocycles. The van der Waals surface area contributed by atoms with E-state index in [4.69, 9.17) is 0 Å². The number of hydrogen-bond donors (Lipinski definition) is 0. The average molecular weight is 275 g/mol. The minimum absolute atomic E-state index is 0.733. The van der Waals surface area contributed by atoms with Crippen molar-refractivity contribution in [3.8, 4) is 11.4 Å². The molecule has 0 unspecified atom stereocenters. The Bertz CT molecular complexity index is 535. The minimum atomic E-state index is 0.733. The first-order chi connectivity index (χ1) is 9.36. The van der Waals surface area contributed by atoms with E-state index in [1.165, 1.54) is 0 Å². The van der Waals surface area contributed by atoms with Crippen molar-refractivity contribution in [2.24, 2.45) is 5.10 Å². The van der Waals surface area contributed by atoms with Crippen molar-refractivity contribution >= 4 is 18.0 Å². The molecule has 2 aromatic rings. The highest BCUT2D eigenvalue weighted by Gasteiger charge is 2.13. The van der Waals surface area contributed by atoms with Crippen LogP contribution in [-0.4, -0.2) is 31.8 Å². The van der Waals surface area contributed by atoms with Gasteiger partial charge < -0.3 is 0 Å². The molecule has 0 saturated heterocycles. The van der Waals surface area contributed by atoms with E-state index in [1.54, 1.807) is 28.8 Å². The van der Waals surface area contributed by atoms with Crippen LogP contribution in [0.2, 0.25) is 0 Å². The van der Waals surface area contributed by atoms with Gasteiger partial charge in [-0.15, -0.1) is 10.2 Å². The SMILES string of the molecule is CCCC=Nn1c(SCC)nnc1-c1cccnc1. The molecule has 0 aliphatic heterocycles. The number of rotatable bonds is 6. The van der Waals surface area contributed by atoms with Crippen LogP contribution in [0.3, 0.4) is 0 Å². The molecule has 0 bridgehead atoms. The quantitative estimate of drug-likeness (QED) is 0.600. The maximum absolute atomic E-state index is 4.47. The summed E-state index contributed by atoms with van der Waals surface area (Å²) < 4.78 is 1.79. The normalized spacial score (nSPS) is 11.3. The monoisotopic (exact) mass is 275 g/mol. The topological polar surface area (TPSA) is 56.0 Å². The van der Waals surface area contributed by atoms with E-state index in [9.17, 15) is 0 Å². The van der Waals surface area contributed by atoms with E-state index in [0.29, 0.717) is 0 Å². The summed E-state index contributed by atoms with van der Waals surface area (Å²) in [5.41, 5.74) is 0.923. The maximum Gasteiger partial charge on any atom is 0.212 e. The first-order valence-corrected chi connectivity index (χ1v) is 7.36. The lowest BCUT2D eigenvalue weighted by Gasteiger charge is -2.02. The Hall–Kier alpha value is -1.69. The van der Waals surface area contributed by atoms with Crippen LogP contribution in [0.15, 0.2) is 34.8 Å². The van der Waals surface area contributed by atoms with E-state index in [1.807, 2.05) is 18.3 Å². The fourth-order valence-electron chi connectivity index (χ4n) is 1.53. The minimum Gasteiger partial charge on any atom is -0.264 e. The van der Waals surface area contributed by atoms with Gasteiger partial charge in [0.25, 0.3) is 0 Å². The second kappa shape index (κ2) is 7.04. The fraction of sp³-hybridized carbons (Fsp3) is 0.385. The van der Waals surface area contributed by atoms with Gasteiger partial charge in [-0.25, -0.2) is 0 Å². The van der Waals surface area contributed by atoms with Crippen molar-refractivity contribution < 1.29 is 0 Å². The summed E-state index contributed by atoms with van der Waals surface area (Å²) in [6, 6.07) is 3.85. The molecular weight excluding hydrogens is 258 g/mol. The molecule has 0 spiro atoms. The van der Waals surface area contributed by atoms with Gasteiger partial charge in [-0.2, -0.15) is 9.78 Å². The molecule has 0 radical (unpaired) electrons. The molecule has 6 heteroatoms. The van der Waals surface area contributed by atoms with E-state index in [0.717, 1.165) is 35.1 Å². The third-order valence-corrected chi connectivity index (χ3v) is 3.22. The fourth-order valence-corrected chi connectivity index (χ4v) is 2.14. The zero-order valence-corrected chi connectivity index (χ0v) is 12.0. The molecule has 2 heterocycles. The smallest absolute Gasteiger partial charge is 0.212 e. The molecule has 19 heavy (non-hydrogen) atoms. The summed E-state index contributed by atoms with van der Waals surface area (Å²) in [5, 5.41) is 13.7. The van der Waals surface area contributed by atoms with Crippen LogP contribution < -0.4 is 0 Å². The highest BCUT2D eigenvalue weighted by atomic mass is 32.2. The summed E-state index contributed by atoms with van der Waals surface area (Å²) in [7, 11) is 0. The zero-order valence-electron chi connectivity index (χ0n) is 11.2. The van der Waals surface area contributed by atoms with Gasteiger partial charge in [-0.1, -0.05) is 32.0 Å². The summed E-state index contributed by atoms with van der Waals surface area (Å²) >= 11 is 1.63. The van der Waals surface area contributed by atoms with Gasteiger partial charge in [-0.3, -0.25) is 4.98 Å². The van der Waals surface area contributed by atoms with E-state index >= 15 is 0 Å². The summed E-state index contributed by atoms with van der Waals surface area (Å²) in [6.45, 7) is 4.21. The van der Waals surface area contributed by atoms with Crippen LogP contribution in [0, 0.1) is 0 Å². The van der Waals surface area contributed by atoms with Crippen molar-refractivity contribution in [1.29, 1.82) is 0 Å². The average Bonchev–Trinajstić information content (AvgIpc) is 2.84. The van der Waals surface area contributed by atoms with Gasteiger partial charge in [0.05, 0.1) is 0 Å². The highest BCUT2D eigenvalue weighted by Crippen LogP contribution is 2.22. The van der Waals surface area contributed by atoms with Crippen LogP contribution >= 0.6 is 11.8 Å². The first kappa shape index (κ1) is 13.7. The summed E-state index contributed by atoms with van der Waals surface area (Å²) in [6.07, 6.45) is 7.44. The third-order valence-electron chi connectivity index (χ3n) is 2.42. The van der Waals surface area contributed by atoms with Crippen molar-refractivity contribution in [3.05, 3.63) is 24.5 Å². The molecule has 0 aliphatic rings. The molecular formula is C13H17N5S. The summed E-state index contributed by atoms with van der Waals surface area (Å²) in [4.78, 5) is 4.11. The predicted octanol–water partition coefficient (Wildman–Crippen LogP) is 3.09. The van der Waals surface area contributed by atoms with Crippen LogP contribution in [0.5, 0.6) is 0 Å². The Morgan fingerprint density at radius 1 is 1.37 bits per heavy atom. The van der Waals surface area contributed by atoms with E-state index < -0.39 is 0 Å². The molecule has 0 fully saturated rings. The van der Waals surface area contributed by atoms with Gasteiger partial charge in [-0.05, 0) is 24.3 Å². The van der Waals surface area contributed by atoms with Gasteiger partial charge in [0.2, 0.25) is 5.16 Å². The molecule has 5 nitrogen and oxygen atoms in total. The molecule has 0 atom stereocenters. The van der Waals surface area contributed by atoms with Crippen molar-refractivity contribution in [1.82, 2.24) is 19.9 Å². The maximum atomic E-state index is 4.47. The van der Waals surface area contributed by atoms with Gasteiger partial charge in [0.15, 0.2) is 5.82 Å². The van der Waals surface area contributed by atoms with Gasteiger partial charge in [0.1, 0.15) is 0 Å². The molecule has 100 valence electrons. The zero-order chi connectivity index (χ0) is 13.5. The Morgan fingerprint density at radius 2 is 2.26 bits per heavy atom. The number of thioether (sulfide) groups is 1. The highest BCUT2D eigenvalue weighted by molar-refractivity contribution is 7.99. The lowest BCUT2D eigenvalue weighted by molar-refractivity contribution is 0.767. The van der Waals surface area contributed by atoms with Crippen molar-refractivity contribution in [2.75, 3.05) is 5.75 Å². The van der Waals surface area contributed by atoms with Gasteiger partial charge in [0, 0.05) is 24.2 Å². The van der Waals surface area contributed by atoms with E-state index in [2.05, 4.69) is 34.1 Å².